The third-order valence-electron chi connectivity index (χ3n) is 17.6. The number of esters is 2. The van der Waals surface area contributed by atoms with Gasteiger partial charge in [-0.05, 0) is 57.8 Å². The van der Waals surface area contributed by atoms with Crippen molar-refractivity contribution >= 4 is 19.8 Å². The fourth-order valence-corrected chi connectivity index (χ4v) is 12.4. The average Bonchev–Trinajstić information content (AvgIpc) is 3.61. The second-order valence-corrected chi connectivity index (χ2v) is 29.2. The first-order valence-corrected chi connectivity index (χ1v) is 40.5. The van der Waals surface area contributed by atoms with Crippen LogP contribution in [0, 0.1) is 0 Å². The molecule has 0 spiro atoms. The molecule has 90 heavy (non-hydrogen) atoms. The third-order valence-corrected chi connectivity index (χ3v) is 18.5. The van der Waals surface area contributed by atoms with Gasteiger partial charge in [0, 0.05) is 12.8 Å². The minimum absolute atomic E-state index is 0.0312. The van der Waals surface area contributed by atoms with Crippen molar-refractivity contribution in [3.63, 3.8) is 0 Å². The predicted molar refractivity (Wildman–Crippen MR) is 390 cm³/mol. The highest BCUT2D eigenvalue weighted by Crippen LogP contribution is 2.43. The number of hydrogen-bond donors (Lipinski definition) is 1. The number of carbonyl (C=O) groups excluding carboxylic acids is 2. The lowest BCUT2D eigenvalue weighted by Crippen LogP contribution is -2.37. The van der Waals surface area contributed by atoms with E-state index in [2.05, 4.69) is 74.6 Å². The molecular weight excluding hydrogens is 1130 g/mol. The van der Waals surface area contributed by atoms with Gasteiger partial charge in [-0.15, -0.1) is 0 Å². The Bertz CT molecular complexity index is 1700. The molecule has 0 aliphatic heterocycles. The molecule has 0 amide bonds. The van der Waals surface area contributed by atoms with Crippen LogP contribution in [-0.2, 0) is 32.7 Å². The van der Waals surface area contributed by atoms with Crippen LogP contribution < -0.4 is 0 Å². The molecule has 0 aromatic carbocycles. The summed E-state index contributed by atoms with van der Waals surface area (Å²) in [6.45, 7) is 4.38. The van der Waals surface area contributed by atoms with Gasteiger partial charge in [0.15, 0.2) is 6.10 Å². The summed E-state index contributed by atoms with van der Waals surface area (Å²) in [6.07, 6.45) is 95.2. The highest BCUT2D eigenvalue weighted by atomic mass is 31.2. The quantitative estimate of drug-likeness (QED) is 0.0211. The van der Waals surface area contributed by atoms with E-state index in [1.165, 1.54) is 283 Å². The molecule has 0 radical (unpaired) electrons. The average molecular weight is 1290 g/mol. The van der Waals surface area contributed by atoms with Crippen LogP contribution in [0.5, 0.6) is 0 Å². The molecule has 10 heteroatoms. The minimum atomic E-state index is -4.40. The molecule has 9 nitrogen and oxygen atoms in total. The lowest BCUT2D eigenvalue weighted by atomic mass is 10.0. The number of likely N-dealkylation sites (N-methyl/N-ethyl adjacent to an activating group) is 1. The summed E-state index contributed by atoms with van der Waals surface area (Å²) in [7, 11) is 1.49. The van der Waals surface area contributed by atoms with Gasteiger partial charge >= 0.3 is 19.8 Å². The van der Waals surface area contributed by atoms with Gasteiger partial charge in [-0.3, -0.25) is 18.6 Å². The third kappa shape index (κ3) is 74.7. The molecule has 0 heterocycles. The van der Waals surface area contributed by atoms with E-state index >= 15 is 0 Å². The molecular formula is C80H151NO8P+. The lowest BCUT2D eigenvalue weighted by molar-refractivity contribution is -0.870. The first kappa shape index (κ1) is 87.7. The summed E-state index contributed by atoms with van der Waals surface area (Å²) in [6, 6.07) is 0. The van der Waals surface area contributed by atoms with E-state index < -0.39 is 26.5 Å². The standard InChI is InChI=1S/C80H150NO8P/c1-6-8-10-12-14-16-18-20-22-24-26-28-30-32-34-35-36-37-38-39-40-41-42-43-44-45-47-48-50-52-54-56-58-60-62-64-66-68-70-72-79(82)86-76-78(77-88-90(84,85)87-75-74-81(3,4)5)89-80(83)73-71-69-67-65-63-61-59-57-55-53-51-49-46-33-31-29-27-25-23-21-19-17-15-13-11-9-7-2/h9,11,15,17,21,23,27,29,33,46,78H,6-8,10,12-14,16,18-20,22,24-26,28,30-32,34-45,47-77H2,1-5H3/p+1/b11-9-,17-15-,23-21-,29-27-,46-33-. The number of rotatable bonds is 73. The summed E-state index contributed by atoms with van der Waals surface area (Å²) in [5, 5.41) is 0. The van der Waals surface area contributed by atoms with E-state index in [0.29, 0.717) is 23.9 Å². The van der Waals surface area contributed by atoms with E-state index in [1.54, 1.807) is 0 Å². The molecule has 0 aromatic heterocycles. The summed E-state index contributed by atoms with van der Waals surface area (Å²) in [4.78, 5) is 35.9. The second kappa shape index (κ2) is 71.0. The van der Waals surface area contributed by atoms with Crippen molar-refractivity contribution < 1.29 is 42.1 Å². The highest BCUT2D eigenvalue weighted by Gasteiger charge is 2.27. The maximum absolute atomic E-state index is 12.9. The van der Waals surface area contributed by atoms with Crippen molar-refractivity contribution in [2.24, 2.45) is 0 Å². The van der Waals surface area contributed by atoms with E-state index in [1.807, 2.05) is 21.1 Å². The van der Waals surface area contributed by atoms with Crippen molar-refractivity contribution in [1.82, 2.24) is 0 Å². The first-order chi connectivity index (χ1) is 44.0. The molecule has 0 bridgehead atoms. The van der Waals surface area contributed by atoms with Crippen LogP contribution in [0.4, 0.5) is 0 Å². The summed E-state index contributed by atoms with van der Waals surface area (Å²) >= 11 is 0. The number of unbranched alkanes of at least 4 members (excludes halogenated alkanes) is 49. The normalized spacial score (nSPS) is 13.4. The van der Waals surface area contributed by atoms with Gasteiger partial charge in [-0.1, -0.05) is 376 Å². The molecule has 2 unspecified atom stereocenters. The first-order valence-electron chi connectivity index (χ1n) is 39.0. The van der Waals surface area contributed by atoms with Gasteiger partial charge in [0.05, 0.1) is 27.7 Å². The lowest BCUT2D eigenvalue weighted by Gasteiger charge is -2.24. The Morgan fingerprint density at radius 1 is 0.356 bits per heavy atom. The largest absolute Gasteiger partial charge is 0.472 e. The van der Waals surface area contributed by atoms with Gasteiger partial charge in [0.25, 0.3) is 0 Å². The van der Waals surface area contributed by atoms with Crippen molar-refractivity contribution in [2.45, 2.75) is 392 Å². The molecule has 0 aliphatic carbocycles. The Morgan fingerprint density at radius 3 is 0.944 bits per heavy atom. The molecule has 1 N–H and O–H groups in total. The summed E-state index contributed by atoms with van der Waals surface area (Å²) in [5.41, 5.74) is 0. The molecule has 0 saturated carbocycles. The van der Waals surface area contributed by atoms with Crippen LogP contribution >= 0.6 is 7.82 Å². The van der Waals surface area contributed by atoms with E-state index in [4.69, 9.17) is 18.5 Å². The Kier molecular flexibility index (Phi) is 69.2. The smallest absolute Gasteiger partial charge is 0.462 e. The zero-order valence-corrected chi connectivity index (χ0v) is 61.3. The number of phosphoric ester groups is 1. The van der Waals surface area contributed by atoms with Gasteiger partial charge in [-0.2, -0.15) is 0 Å². The van der Waals surface area contributed by atoms with Crippen LogP contribution in [-0.4, -0.2) is 74.9 Å². The highest BCUT2D eigenvalue weighted by molar-refractivity contribution is 7.47. The monoisotopic (exact) mass is 1290 g/mol. The van der Waals surface area contributed by atoms with Crippen molar-refractivity contribution in [3.8, 4) is 0 Å². The molecule has 2 atom stereocenters. The zero-order valence-electron chi connectivity index (χ0n) is 60.4. The summed E-state index contributed by atoms with van der Waals surface area (Å²) < 4.78 is 34.8. The predicted octanol–water partition coefficient (Wildman–Crippen LogP) is 25.7. The molecule has 0 saturated heterocycles. The van der Waals surface area contributed by atoms with E-state index in [-0.39, 0.29) is 25.6 Å². The van der Waals surface area contributed by atoms with Crippen molar-refractivity contribution in [2.75, 3.05) is 47.5 Å². The van der Waals surface area contributed by atoms with Crippen molar-refractivity contribution in [3.05, 3.63) is 60.8 Å². The number of nitrogens with zero attached hydrogens (tertiary/aromatic N) is 1. The minimum Gasteiger partial charge on any atom is -0.462 e. The Labute approximate surface area is 559 Å². The maximum atomic E-state index is 12.9. The Balaban J connectivity index is 3.91. The van der Waals surface area contributed by atoms with Gasteiger partial charge in [0.2, 0.25) is 0 Å². The van der Waals surface area contributed by atoms with Crippen LogP contribution in [0.25, 0.3) is 0 Å². The maximum Gasteiger partial charge on any atom is 0.472 e. The van der Waals surface area contributed by atoms with E-state index in [0.717, 1.165) is 70.6 Å². The zero-order chi connectivity index (χ0) is 65.5. The summed E-state index contributed by atoms with van der Waals surface area (Å²) in [5.74, 6) is -0.784. The fraction of sp³-hybridized carbons (Fsp3) is 0.850. The Morgan fingerprint density at radius 2 is 0.633 bits per heavy atom. The van der Waals surface area contributed by atoms with Gasteiger partial charge < -0.3 is 18.9 Å². The second-order valence-electron chi connectivity index (χ2n) is 27.7. The van der Waals surface area contributed by atoms with Crippen LogP contribution in [0.15, 0.2) is 60.8 Å². The molecule has 528 valence electrons. The number of quaternary nitrogens is 1. The molecule has 0 rings (SSSR count). The molecule has 0 aliphatic rings. The number of allylic oxidation sites excluding steroid dienone is 10. The van der Waals surface area contributed by atoms with Crippen molar-refractivity contribution in [1.29, 1.82) is 0 Å². The Hall–Kier alpha value is -2.29. The van der Waals surface area contributed by atoms with Crippen LogP contribution in [0.3, 0.4) is 0 Å². The fourth-order valence-electron chi connectivity index (χ4n) is 11.6. The number of carbonyl (C=O) groups is 2. The molecule has 0 aromatic rings. The van der Waals surface area contributed by atoms with Gasteiger partial charge in [-0.25, -0.2) is 4.57 Å². The van der Waals surface area contributed by atoms with E-state index in [9.17, 15) is 19.0 Å². The number of phosphoric acid groups is 1. The number of hydrogen-bond acceptors (Lipinski definition) is 7. The van der Waals surface area contributed by atoms with Gasteiger partial charge in [0.1, 0.15) is 19.8 Å². The number of ether oxygens (including phenoxy) is 2. The van der Waals surface area contributed by atoms with Crippen LogP contribution in [0.1, 0.15) is 386 Å². The SMILES string of the molecule is CC/C=C\C/C=C\C/C=C\C/C=C\C/C=C\CCCCCCCCCCCCCC(=O)OC(COC(=O)CCCCCCCCCCCCCCCCCCCCCCCCCCCCCCCCCCCCCCCCC)COP(=O)(O)OCC[N+](C)(C)C. The molecule has 0 fully saturated rings. The van der Waals surface area contributed by atoms with Crippen LogP contribution in [0.2, 0.25) is 0 Å². The topological polar surface area (TPSA) is 108 Å².